The SMILES string of the molecule is C[C@H](NC(=O)C[NH+](C)CCOc1ccc(Cl)cc1)c1ccc(F)cc1F. The van der Waals surface area contributed by atoms with E-state index in [2.05, 4.69) is 5.32 Å². The van der Waals surface area contributed by atoms with E-state index >= 15 is 0 Å². The van der Waals surface area contributed by atoms with Crippen LogP contribution in [0.1, 0.15) is 18.5 Å². The van der Waals surface area contributed by atoms with Crippen LogP contribution >= 0.6 is 11.6 Å². The molecule has 7 heteroatoms. The fraction of sp³-hybridized carbons (Fsp3) is 0.316. The first-order chi connectivity index (χ1) is 12.3. The minimum atomic E-state index is -0.671. The van der Waals surface area contributed by atoms with Gasteiger partial charge in [0, 0.05) is 16.7 Å². The summed E-state index contributed by atoms with van der Waals surface area (Å²) in [7, 11) is 1.87. The van der Waals surface area contributed by atoms with Crippen LogP contribution in [0, 0.1) is 11.6 Å². The maximum absolute atomic E-state index is 13.7. The Morgan fingerprint density at radius 1 is 1.23 bits per heavy atom. The second kappa shape index (κ2) is 9.50. The second-order valence-corrected chi connectivity index (χ2v) is 6.58. The number of carbonyl (C=O) groups is 1. The number of carbonyl (C=O) groups excluding carboxylic acids is 1. The molecule has 0 saturated heterocycles. The van der Waals surface area contributed by atoms with E-state index in [0.29, 0.717) is 23.9 Å². The third kappa shape index (κ3) is 6.28. The molecular weight excluding hydrogens is 362 g/mol. The highest BCUT2D eigenvalue weighted by Crippen LogP contribution is 2.17. The number of hydrogen-bond donors (Lipinski definition) is 2. The Bertz CT molecular complexity index is 741. The molecule has 1 unspecified atom stereocenters. The number of benzene rings is 2. The molecule has 0 fully saturated rings. The van der Waals surface area contributed by atoms with Gasteiger partial charge in [0.1, 0.15) is 30.5 Å². The molecule has 26 heavy (non-hydrogen) atoms. The predicted octanol–water partition coefficient (Wildman–Crippen LogP) is 2.39. The quantitative estimate of drug-likeness (QED) is 0.735. The summed E-state index contributed by atoms with van der Waals surface area (Å²) < 4.78 is 32.3. The molecule has 0 radical (unpaired) electrons. The van der Waals surface area contributed by atoms with Crippen LogP contribution in [0.25, 0.3) is 0 Å². The van der Waals surface area contributed by atoms with Crippen LogP contribution in [-0.4, -0.2) is 32.7 Å². The summed E-state index contributed by atoms with van der Waals surface area (Å²) in [4.78, 5) is 13.0. The van der Waals surface area contributed by atoms with Crippen molar-refractivity contribution >= 4 is 17.5 Å². The van der Waals surface area contributed by atoms with Crippen molar-refractivity contribution in [2.24, 2.45) is 0 Å². The first-order valence-corrected chi connectivity index (χ1v) is 8.67. The van der Waals surface area contributed by atoms with Crippen LogP contribution in [0.3, 0.4) is 0 Å². The van der Waals surface area contributed by atoms with E-state index in [9.17, 15) is 13.6 Å². The second-order valence-electron chi connectivity index (χ2n) is 6.14. The molecule has 0 heterocycles. The summed E-state index contributed by atoms with van der Waals surface area (Å²) in [5, 5.41) is 3.37. The number of likely N-dealkylation sites (N-methyl/N-ethyl adjacent to an activating group) is 1. The summed E-state index contributed by atoms with van der Waals surface area (Å²) >= 11 is 5.81. The molecule has 2 N–H and O–H groups in total. The van der Waals surface area contributed by atoms with Gasteiger partial charge in [-0.15, -0.1) is 0 Å². The normalized spacial score (nSPS) is 13.1. The fourth-order valence-corrected chi connectivity index (χ4v) is 2.59. The molecule has 0 aromatic heterocycles. The Morgan fingerprint density at radius 2 is 1.92 bits per heavy atom. The zero-order chi connectivity index (χ0) is 19.1. The van der Waals surface area contributed by atoms with Crippen molar-refractivity contribution in [3.05, 3.63) is 64.7 Å². The van der Waals surface area contributed by atoms with Crippen molar-refractivity contribution in [3.8, 4) is 5.75 Å². The number of quaternary nitrogens is 1. The molecular formula is C19H22ClF2N2O2+. The average Bonchev–Trinajstić information content (AvgIpc) is 2.56. The van der Waals surface area contributed by atoms with Crippen molar-refractivity contribution in [1.82, 2.24) is 5.32 Å². The predicted molar refractivity (Wildman–Crippen MR) is 96.5 cm³/mol. The van der Waals surface area contributed by atoms with Crippen LogP contribution in [0.15, 0.2) is 42.5 Å². The maximum Gasteiger partial charge on any atom is 0.275 e. The van der Waals surface area contributed by atoms with Gasteiger partial charge in [0.2, 0.25) is 0 Å². The van der Waals surface area contributed by atoms with Crippen LogP contribution in [-0.2, 0) is 4.79 Å². The van der Waals surface area contributed by atoms with Gasteiger partial charge in [-0.3, -0.25) is 4.79 Å². The van der Waals surface area contributed by atoms with Crippen LogP contribution in [0.2, 0.25) is 5.02 Å². The van der Waals surface area contributed by atoms with Gasteiger partial charge in [-0.25, -0.2) is 8.78 Å². The molecule has 2 rings (SSSR count). The first-order valence-electron chi connectivity index (χ1n) is 8.29. The third-order valence-electron chi connectivity index (χ3n) is 3.88. The lowest BCUT2D eigenvalue weighted by Crippen LogP contribution is -3.10. The number of nitrogens with one attached hydrogen (secondary N) is 2. The zero-order valence-corrected chi connectivity index (χ0v) is 15.4. The number of rotatable bonds is 8. The molecule has 0 saturated carbocycles. The van der Waals surface area contributed by atoms with Crippen molar-refractivity contribution in [2.45, 2.75) is 13.0 Å². The fourth-order valence-electron chi connectivity index (χ4n) is 2.46. The minimum Gasteiger partial charge on any atom is -0.488 e. The average molecular weight is 384 g/mol. The van der Waals surface area contributed by atoms with Crippen molar-refractivity contribution in [3.63, 3.8) is 0 Å². The van der Waals surface area contributed by atoms with E-state index in [1.807, 2.05) is 7.05 Å². The lowest BCUT2D eigenvalue weighted by Gasteiger charge is -2.18. The summed E-state index contributed by atoms with van der Waals surface area (Å²) in [6, 6.07) is 9.84. The monoisotopic (exact) mass is 383 g/mol. The third-order valence-corrected chi connectivity index (χ3v) is 4.13. The molecule has 0 bridgehead atoms. The van der Waals surface area contributed by atoms with E-state index < -0.39 is 17.7 Å². The summed E-state index contributed by atoms with van der Waals surface area (Å²) in [6.07, 6.45) is 0. The van der Waals surface area contributed by atoms with E-state index in [1.165, 1.54) is 12.1 Å². The molecule has 2 atom stereocenters. The molecule has 0 aliphatic carbocycles. The lowest BCUT2D eigenvalue weighted by molar-refractivity contribution is -0.871. The molecule has 0 aliphatic heterocycles. The highest BCUT2D eigenvalue weighted by atomic mass is 35.5. The van der Waals surface area contributed by atoms with Crippen molar-refractivity contribution in [1.29, 1.82) is 0 Å². The summed E-state index contributed by atoms with van der Waals surface area (Å²) in [5.74, 6) is -0.818. The van der Waals surface area contributed by atoms with Crippen molar-refractivity contribution in [2.75, 3.05) is 26.7 Å². The van der Waals surface area contributed by atoms with Crippen LogP contribution < -0.4 is 15.0 Å². The van der Waals surface area contributed by atoms with Gasteiger partial charge in [-0.1, -0.05) is 17.7 Å². The number of ether oxygens (including phenoxy) is 1. The molecule has 0 aliphatic rings. The number of hydrogen-bond acceptors (Lipinski definition) is 2. The Kier molecular flexibility index (Phi) is 7.36. The largest absolute Gasteiger partial charge is 0.488 e. The van der Waals surface area contributed by atoms with E-state index in [-0.39, 0.29) is 18.0 Å². The molecule has 0 spiro atoms. The molecule has 4 nitrogen and oxygen atoms in total. The van der Waals surface area contributed by atoms with Gasteiger partial charge in [0.15, 0.2) is 6.54 Å². The summed E-state index contributed by atoms with van der Waals surface area (Å²) in [5.41, 5.74) is 0.253. The standard InChI is InChI=1S/C19H21ClF2N2O2/c1-13(17-8-5-15(21)11-18(17)22)23-19(25)12-24(2)9-10-26-16-6-3-14(20)4-7-16/h3-8,11,13H,9-10,12H2,1-2H3,(H,23,25)/p+1/t13-/m0/s1. The smallest absolute Gasteiger partial charge is 0.275 e. The lowest BCUT2D eigenvalue weighted by atomic mass is 10.1. The van der Waals surface area contributed by atoms with E-state index in [1.54, 1.807) is 31.2 Å². The van der Waals surface area contributed by atoms with E-state index in [4.69, 9.17) is 16.3 Å². The van der Waals surface area contributed by atoms with Crippen LogP contribution in [0.4, 0.5) is 8.78 Å². The van der Waals surface area contributed by atoms with Gasteiger partial charge in [0.25, 0.3) is 5.91 Å². The highest BCUT2D eigenvalue weighted by Gasteiger charge is 2.16. The highest BCUT2D eigenvalue weighted by molar-refractivity contribution is 6.30. The van der Waals surface area contributed by atoms with Gasteiger partial charge in [-0.05, 0) is 37.3 Å². The van der Waals surface area contributed by atoms with Gasteiger partial charge < -0.3 is 15.0 Å². The van der Waals surface area contributed by atoms with Crippen LogP contribution in [0.5, 0.6) is 5.75 Å². The molecule has 2 aromatic carbocycles. The van der Waals surface area contributed by atoms with Gasteiger partial charge in [0.05, 0.1) is 13.1 Å². The van der Waals surface area contributed by atoms with Gasteiger partial charge >= 0.3 is 0 Å². The Morgan fingerprint density at radius 3 is 2.58 bits per heavy atom. The topological polar surface area (TPSA) is 42.8 Å². The van der Waals surface area contributed by atoms with E-state index in [0.717, 1.165) is 11.0 Å². The zero-order valence-electron chi connectivity index (χ0n) is 14.7. The Hall–Kier alpha value is -2.18. The summed E-state index contributed by atoms with van der Waals surface area (Å²) in [6.45, 7) is 2.95. The molecule has 1 amide bonds. The molecule has 140 valence electrons. The number of halogens is 3. The maximum atomic E-state index is 13.7. The molecule has 2 aromatic rings. The minimum absolute atomic E-state index is 0.217. The first kappa shape index (κ1) is 20.1. The number of amides is 1. The Balaban J connectivity index is 1.74. The van der Waals surface area contributed by atoms with Gasteiger partial charge in [-0.2, -0.15) is 0 Å². The Labute approximate surface area is 156 Å². The van der Waals surface area contributed by atoms with Crippen molar-refractivity contribution < 1.29 is 23.2 Å².